The highest BCUT2D eigenvalue weighted by atomic mass is 35.5. The molecule has 0 saturated carbocycles. The predicted octanol–water partition coefficient (Wildman–Crippen LogP) is 2.27. The highest BCUT2D eigenvalue weighted by molar-refractivity contribution is 7.89. The molecular weight excluding hydrogens is 384 g/mol. The number of aromatic nitrogens is 1. The summed E-state index contributed by atoms with van der Waals surface area (Å²) in [5.41, 5.74) is 8.73. The summed E-state index contributed by atoms with van der Waals surface area (Å²) in [7, 11) is -3.36. The van der Waals surface area contributed by atoms with Crippen LogP contribution in [0.15, 0.2) is 42.5 Å². The maximum absolute atomic E-state index is 13.0. The minimum atomic E-state index is -3.36. The van der Waals surface area contributed by atoms with Crippen LogP contribution < -0.4 is 10.9 Å². The number of pyridine rings is 1. The SMILES string of the molecule is O=S(=O)(C1CNNC1)N1CCCC1c1cccc(Cc2ccc(Cl)cc2)n1. The third-order valence-corrected chi connectivity index (χ3v) is 7.72. The molecule has 0 aliphatic carbocycles. The van der Waals surface area contributed by atoms with Crippen molar-refractivity contribution in [1.82, 2.24) is 20.1 Å². The molecule has 0 amide bonds. The third kappa shape index (κ3) is 4.02. The minimum Gasteiger partial charge on any atom is -0.256 e. The molecule has 6 nitrogen and oxygen atoms in total. The zero-order chi connectivity index (χ0) is 18.9. The van der Waals surface area contributed by atoms with Crippen LogP contribution in [0, 0.1) is 0 Å². The van der Waals surface area contributed by atoms with Gasteiger partial charge >= 0.3 is 0 Å². The molecule has 2 fully saturated rings. The number of rotatable bonds is 5. The van der Waals surface area contributed by atoms with E-state index < -0.39 is 15.3 Å². The molecular formula is C19H23ClN4O2S. The van der Waals surface area contributed by atoms with E-state index >= 15 is 0 Å². The van der Waals surface area contributed by atoms with Crippen LogP contribution in [0.3, 0.4) is 0 Å². The zero-order valence-corrected chi connectivity index (χ0v) is 16.5. The van der Waals surface area contributed by atoms with E-state index in [1.165, 1.54) is 0 Å². The number of halogens is 1. The van der Waals surface area contributed by atoms with E-state index in [-0.39, 0.29) is 6.04 Å². The quantitative estimate of drug-likeness (QED) is 0.796. The Balaban J connectivity index is 1.56. The number of hydrogen-bond acceptors (Lipinski definition) is 5. The Labute approximate surface area is 165 Å². The van der Waals surface area contributed by atoms with Crippen molar-refractivity contribution in [2.75, 3.05) is 19.6 Å². The van der Waals surface area contributed by atoms with E-state index in [1.54, 1.807) is 4.31 Å². The Morgan fingerprint density at radius 3 is 2.59 bits per heavy atom. The number of hydrazine groups is 1. The van der Waals surface area contributed by atoms with Crippen LogP contribution >= 0.6 is 11.6 Å². The van der Waals surface area contributed by atoms with E-state index in [9.17, 15) is 8.42 Å². The van der Waals surface area contributed by atoms with Crippen molar-refractivity contribution in [2.45, 2.75) is 30.6 Å². The van der Waals surface area contributed by atoms with Gasteiger partial charge in [0.1, 0.15) is 5.25 Å². The second-order valence-corrected chi connectivity index (χ2v) is 9.66. The first-order valence-corrected chi connectivity index (χ1v) is 11.1. The molecule has 4 rings (SSSR count). The third-order valence-electron chi connectivity index (χ3n) is 5.20. The number of sulfonamides is 1. The second-order valence-electron chi connectivity index (χ2n) is 7.05. The van der Waals surface area contributed by atoms with E-state index in [4.69, 9.17) is 16.6 Å². The maximum Gasteiger partial charge on any atom is 0.220 e. The van der Waals surface area contributed by atoms with Crippen LogP contribution in [0.2, 0.25) is 5.02 Å². The van der Waals surface area contributed by atoms with E-state index in [1.807, 2.05) is 42.5 Å². The van der Waals surface area contributed by atoms with Gasteiger partial charge in [0.05, 0.1) is 11.7 Å². The fourth-order valence-electron chi connectivity index (χ4n) is 3.78. The molecule has 0 bridgehead atoms. The first-order valence-electron chi connectivity index (χ1n) is 9.21. The van der Waals surface area contributed by atoms with Crippen LogP contribution in [0.4, 0.5) is 0 Å². The van der Waals surface area contributed by atoms with E-state index in [2.05, 4.69) is 10.9 Å². The predicted molar refractivity (Wildman–Crippen MR) is 106 cm³/mol. The molecule has 27 heavy (non-hydrogen) atoms. The summed E-state index contributed by atoms with van der Waals surface area (Å²) in [6, 6.07) is 13.4. The summed E-state index contributed by atoms with van der Waals surface area (Å²) in [6.07, 6.45) is 2.37. The van der Waals surface area contributed by atoms with Crippen LogP contribution in [0.1, 0.15) is 35.8 Å². The van der Waals surface area contributed by atoms with Crippen molar-refractivity contribution in [3.63, 3.8) is 0 Å². The van der Waals surface area contributed by atoms with Gasteiger partial charge in [0.25, 0.3) is 0 Å². The first kappa shape index (κ1) is 18.8. The number of benzene rings is 1. The van der Waals surface area contributed by atoms with Gasteiger partial charge in [-0.25, -0.2) is 8.42 Å². The molecule has 1 aromatic heterocycles. The van der Waals surface area contributed by atoms with Gasteiger partial charge in [-0.3, -0.25) is 15.8 Å². The first-order chi connectivity index (χ1) is 13.0. The van der Waals surface area contributed by atoms with Gasteiger partial charge in [-0.15, -0.1) is 0 Å². The molecule has 0 spiro atoms. The fraction of sp³-hybridized carbons (Fsp3) is 0.421. The molecule has 8 heteroatoms. The summed E-state index contributed by atoms with van der Waals surface area (Å²) in [4.78, 5) is 4.79. The van der Waals surface area contributed by atoms with E-state index in [0.29, 0.717) is 31.1 Å². The lowest BCUT2D eigenvalue weighted by atomic mass is 10.1. The lowest BCUT2D eigenvalue weighted by molar-refractivity contribution is 0.385. The normalized spacial score (nSPS) is 21.7. The summed E-state index contributed by atoms with van der Waals surface area (Å²) in [5, 5.41) is 0.290. The average Bonchev–Trinajstić information content (AvgIpc) is 3.36. The Hall–Kier alpha value is -1.51. The molecule has 2 aliphatic heterocycles. The molecule has 2 aromatic rings. The minimum absolute atomic E-state index is 0.180. The molecule has 1 unspecified atom stereocenters. The molecule has 2 aliphatic rings. The summed E-state index contributed by atoms with van der Waals surface area (Å²) in [6.45, 7) is 1.44. The van der Waals surface area contributed by atoms with Gasteiger partial charge in [0.15, 0.2) is 0 Å². The number of hydrogen-bond donors (Lipinski definition) is 2. The van der Waals surface area contributed by atoms with Crippen molar-refractivity contribution >= 4 is 21.6 Å². The monoisotopic (exact) mass is 406 g/mol. The smallest absolute Gasteiger partial charge is 0.220 e. The standard InChI is InChI=1S/C19H23ClN4O2S/c20-15-8-6-14(7-9-15)11-16-3-1-4-18(23-16)19-5-2-10-24(19)27(25,26)17-12-21-22-13-17/h1,3-4,6-9,17,19,21-22H,2,5,10-13H2. The Bertz CT molecular complexity index is 898. The van der Waals surface area contributed by atoms with Gasteiger partial charge in [0, 0.05) is 36.8 Å². The van der Waals surface area contributed by atoms with Crippen molar-refractivity contribution in [1.29, 1.82) is 0 Å². The second kappa shape index (κ2) is 7.85. The van der Waals surface area contributed by atoms with Gasteiger partial charge < -0.3 is 0 Å². The topological polar surface area (TPSA) is 74.3 Å². The molecule has 2 N–H and O–H groups in total. The summed E-state index contributed by atoms with van der Waals surface area (Å²) >= 11 is 5.95. The Morgan fingerprint density at radius 1 is 1.11 bits per heavy atom. The van der Waals surface area contributed by atoms with Crippen molar-refractivity contribution < 1.29 is 8.42 Å². The molecule has 3 heterocycles. The van der Waals surface area contributed by atoms with E-state index in [0.717, 1.165) is 29.8 Å². The molecule has 144 valence electrons. The zero-order valence-electron chi connectivity index (χ0n) is 14.9. The van der Waals surface area contributed by atoms with Crippen LogP contribution in [0.5, 0.6) is 0 Å². The summed E-state index contributed by atoms with van der Waals surface area (Å²) < 4.78 is 27.7. The largest absolute Gasteiger partial charge is 0.256 e. The van der Waals surface area contributed by atoms with Crippen LogP contribution in [-0.2, 0) is 16.4 Å². The van der Waals surface area contributed by atoms with Crippen molar-refractivity contribution in [2.24, 2.45) is 0 Å². The Morgan fingerprint density at radius 2 is 1.85 bits per heavy atom. The fourth-order valence-corrected chi connectivity index (χ4v) is 5.83. The molecule has 1 atom stereocenters. The lowest BCUT2D eigenvalue weighted by Crippen LogP contribution is -2.41. The van der Waals surface area contributed by atoms with Crippen LogP contribution in [0.25, 0.3) is 0 Å². The maximum atomic E-state index is 13.0. The molecule has 1 aromatic carbocycles. The van der Waals surface area contributed by atoms with Gasteiger partial charge in [0.2, 0.25) is 10.0 Å². The average molecular weight is 407 g/mol. The number of nitrogens with zero attached hydrogens (tertiary/aromatic N) is 2. The molecule has 0 radical (unpaired) electrons. The summed E-state index contributed by atoms with van der Waals surface area (Å²) in [5.74, 6) is 0. The van der Waals surface area contributed by atoms with Crippen molar-refractivity contribution in [3.05, 3.63) is 64.4 Å². The Kier molecular flexibility index (Phi) is 5.48. The van der Waals surface area contributed by atoms with Crippen LogP contribution in [-0.4, -0.2) is 42.6 Å². The molecule has 2 saturated heterocycles. The number of nitrogens with one attached hydrogen (secondary N) is 2. The van der Waals surface area contributed by atoms with Crippen molar-refractivity contribution in [3.8, 4) is 0 Å². The van der Waals surface area contributed by atoms with Gasteiger partial charge in [-0.1, -0.05) is 29.8 Å². The highest BCUT2D eigenvalue weighted by Crippen LogP contribution is 2.35. The van der Waals surface area contributed by atoms with Gasteiger partial charge in [-0.2, -0.15) is 4.31 Å². The highest BCUT2D eigenvalue weighted by Gasteiger charge is 2.41. The lowest BCUT2D eigenvalue weighted by Gasteiger charge is -2.26. The van der Waals surface area contributed by atoms with Gasteiger partial charge in [-0.05, 0) is 42.7 Å².